The van der Waals surface area contributed by atoms with Crippen LogP contribution < -0.4 is 48.0 Å². The fourth-order valence-corrected chi connectivity index (χ4v) is 34.9. The smallest absolute Gasteiger partial charge is 1.00 e. The standard InChI is InChI=1S/2C8H11.C2H7Si.2HI.Zr/c2*1-6-4-5-7(2)8(6)3;1-3-2;;;/h2*4-5H,1-3H3;3H,1-2H3;2*1H;/q;;;;;+2/p-2. The minimum absolute atomic E-state index is 0. The first-order valence-electron chi connectivity index (χ1n) is 7.76. The van der Waals surface area contributed by atoms with Gasteiger partial charge in [0.2, 0.25) is 0 Å². The van der Waals surface area contributed by atoms with E-state index in [4.69, 9.17) is 0 Å². The summed E-state index contributed by atoms with van der Waals surface area (Å²) in [7, 11) is 0. The van der Waals surface area contributed by atoms with Crippen LogP contribution in [0, 0.1) is 0 Å². The molecule has 22 heavy (non-hydrogen) atoms. The molecular weight excluding hydrogens is 589 g/mol. The normalized spacial score (nSPS) is 30.0. The Labute approximate surface area is 180 Å². The van der Waals surface area contributed by atoms with Crippen LogP contribution in [-0.4, -0.2) is 5.92 Å². The van der Waals surface area contributed by atoms with E-state index >= 15 is 0 Å². The van der Waals surface area contributed by atoms with Gasteiger partial charge >= 0.3 is 134 Å². The van der Waals surface area contributed by atoms with E-state index in [9.17, 15) is 0 Å². The molecular formula is C18H29I2SiZr. The van der Waals surface area contributed by atoms with E-state index < -0.39 is 26.8 Å². The van der Waals surface area contributed by atoms with Gasteiger partial charge in [0.25, 0.3) is 0 Å². The van der Waals surface area contributed by atoms with E-state index in [1.165, 1.54) is 11.1 Å². The van der Waals surface area contributed by atoms with Crippen molar-refractivity contribution in [1.82, 2.24) is 0 Å². The van der Waals surface area contributed by atoms with E-state index in [2.05, 4.69) is 78.9 Å². The van der Waals surface area contributed by atoms with Crippen LogP contribution in [0.3, 0.4) is 0 Å². The Morgan fingerprint density at radius 1 is 0.773 bits per heavy atom. The summed E-state index contributed by atoms with van der Waals surface area (Å²) in [6.07, 6.45) is 9.92. The molecule has 2 aliphatic carbocycles. The first-order valence-corrected chi connectivity index (χ1v) is 17.4. The maximum Gasteiger partial charge on any atom is -1.00 e. The molecule has 123 valence electrons. The third-order valence-electron chi connectivity index (χ3n) is 5.77. The van der Waals surface area contributed by atoms with E-state index in [0.29, 0.717) is 6.25 Å². The molecule has 0 amide bonds. The zero-order chi connectivity index (χ0) is 15.3. The van der Waals surface area contributed by atoms with Crippen LogP contribution in [0.25, 0.3) is 0 Å². The van der Waals surface area contributed by atoms with Gasteiger partial charge in [-0.2, -0.15) is 0 Å². The van der Waals surface area contributed by atoms with Gasteiger partial charge in [0.15, 0.2) is 0 Å². The van der Waals surface area contributed by atoms with Crippen molar-refractivity contribution in [2.45, 2.75) is 60.9 Å². The summed E-state index contributed by atoms with van der Waals surface area (Å²) < 4.78 is 0.857. The molecule has 0 heterocycles. The molecule has 0 radical (unpaired) electrons. The monoisotopic (exact) mass is 617 g/mol. The van der Waals surface area contributed by atoms with Crippen LogP contribution >= 0.6 is 0 Å². The second-order valence-corrected chi connectivity index (χ2v) is 28.6. The van der Waals surface area contributed by atoms with Crippen LogP contribution in [0.1, 0.15) is 41.5 Å². The fourth-order valence-electron chi connectivity index (χ4n) is 4.22. The Kier molecular flexibility index (Phi) is 8.84. The molecule has 0 saturated heterocycles. The zero-order valence-electron chi connectivity index (χ0n) is 15.1. The van der Waals surface area contributed by atoms with Crippen molar-refractivity contribution in [2.75, 3.05) is 0 Å². The SMILES string of the molecule is CC1=C(C)[C](C)([Zr+2]([SiH](C)C)[C]2(C)C=CC(C)=C2C)C=C1.[I-].[I-]. The fraction of sp³-hybridized carbons (Fsp3) is 0.556. The number of halogens is 2. The molecule has 2 rings (SSSR count). The van der Waals surface area contributed by atoms with Crippen LogP contribution in [0.2, 0.25) is 19.3 Å². The van der Waals surface area contributed by atoms with Crippen molar-refractivity contribution < 1.29 is 68.9 Å². The molecule has 0 nitrogen and oxygen atoms in total. The van der Waals surface area contributed by atoms with Crippen LogP contribution in [0.15, 0.2) is 46.6 Å². The Hall–Kier alpha value is 1.52. The quantitative estimate of drug-likeness (QED) is 0.303. The predicted molar refractivity (Wildman–Crippen MR) is 90.6 cm³/mol. The molecule has 0 saturated carbocycles. The third-order valence-corrected chi connectivity index (χ3v) is 30.7. The second-order valence-electron chi connectivity index (χ2n) is 7.26. The summed E-state index contributed by atoms with van der Waals surface area (Å²) in [5, 5.41) is 0. The Morgan fingerprint density at radius 3 is 1.27 bits per heavy atom. The van der Waals surface area contributed by atoms with Gasteiger partial charge in [0.1, 0.15) is 0 Å². The van der Waals surface area contributed by atoms with Crippen LogP contribution in [-0.2, 0) is 20.9 Å². The Balaban J connectivity index is 0.00000220. The summed E-state index contributed by atoms with van der Waals surface area (Å²) in [6.45, 7) is 19.7. The topological polar surface area (TPSA) is 0 Å². The van der Waals surface area contributed by atoms with Gasteiger partial charge in [-0.25, -0.2) is 0 Å². The van der Waals surface area contributed by atoms with E-state index in [1.807, 2.05) is 0 Å². The molecule has 0 fully saturated rings. The van der Waals surface area contributed by atoms with E-state index in [1.54, 1.807) is 11.1 Å². The maximum absolute atomic E-state index is 2.61. The van der Waals surface area contributed by atoms with Gasteiger partial charge in [-0.3, -0.25) is 0 Å². The largest absolute Gasteiger partial charge is 1.00 e. The van der Waals surface area contributed by atoms with Crippen molar-refractivity contribution in [3.63, 3.8) is 0 Å². The van der Waals surface area contributed by atoms with Crippen molar-refractivity contribution in [3.05, 3.63) is 46.6 Å². The van der Waals surface area contributed by atoms with Gasteiger partial charge in [-0.05, 0) is 0 Å². The van der Waals surface area contributed by atoms with Crippen molar-refractivity contribution in [2.24, 2.45) is 0 Å². The molecule has 2 unspecified atom stereocenters. The second kappa shape index (κ2) is 8.27. The van der Waals surface area contributed by atoms with Gasteiger partial charge in [-0.1, -0.05) is 0 Å². The molecule has 0 aliphatic heterocycles. The van der Waals surface area contributed by atoms with E-state index in [0.717, 1.165) is 0 Å². The number of hydrogen-bond donors (Lipinski definition) is 0. The molecule has 0 aromatic carbocycles. The van der Waals surface area contributed by atoms with Crippen LogP contribution in [0.4, 0.5) is 0 Å². The first kappa shape index (κ1) is 23.5. The molecule has 0 spiro atoms. The van der Waals surface area contributed by atoms with Crippen molar-refractivity contribution in [3.8, 4) is 0 Å². The third kappa shape index (κ3) is 3.70. The zero-order valence-corrected chi connectivity index (χ0v) is 23.1. The first-order chi connectivity index (χ1) is 9.14. The molecule has 0 aromatic rings. The van der Waals surface area contributed by atoms with E-state index in [-0.39, 0.29) is 48.0 Å². The van der Waals surface area contributed by atoms with Gasteiger partial charge < -0.3 is 48.0 Å². The van der Waals surface area contributed by atoms with Gasteiger partial charge in [0, 0.05) is 0 Å². The summed E-state index contributed by atoms with van der Waals surface area (Å²) in [5.41, 5.74) is 6.37. The number of hydrogen-bond acceptors (Lipinski definition) is 0. The molecule has 2 aliphatic rings. The maximum atomic E-state index is 2.61. The van der Waals surface area contributed by atoms with Gasteiger partial charge in [-0.15, -0.1) is 0 Å². The van der Waals surface area contributed by atoms with Gasteiger partial charge in [0.05, 0.1) is 0 Å². The minimum atomic E-state index is -1.70. The average Bonchev–Trinajstić information content (AvgIpc) is 2.76. The summed E-state index contributed by atoms with van der Waals surface area (Å²) in [6, 6.07) is 0. The molecule has 4 heteroatoms. The number of rotatable bonds is 3. The summed E-state index contributed by atoms with van der Waals surface area (Å²) >= 11 is -1.70. The predicted octanol–water partition coefficient (Wildman–Crippen LogP) is -0.234. The molecule has 0 N–H and O–H groups in total. The summed E-state index contributed by atoms with van der Waals surface area (Å²) in [4.78, 5) is 0. The minimum Gasteiger partial charge on any atom is -1.00 e. The number of allylic oxidation sites excluding steroid dienone is 8. The van der Waals surface area contributed by atoms with Crippen LogP contribution in [0.5, 0.6) is 0 Å². The molecule has 0 aromatic heterocycles. The Bertz CT molecular complexity index is 513. The van der Waals surface area contributed by atoms with Crippen molar-refractivity contribution in [1.29, 1.82) is 0 Å². The Morgan fingerprint density at radius 2 is 1.09 bits per heavy atom. The summed E-state index contributed by atoms with van der Waals surface area (Å²) in [5.74, 6) is -0.632. The molecule has 0 bridgehead atoms. The molecule has 2 atom stereocenters. The average molecular weight is 619 g/mol. The van der Waals surface area contributed by atoms with Crippen molar-refractivity contribution >= 4 is 5.92 Å².